The third kappa shape index (κ3) is 3.39. The summed E-state index contributed by atoms with van der Waals surface area (Å²) in [5, 5.41) is 0.409. The molecule has 0 aliphatic heterocycles. The number of thiocarbonyl (C=S) groups is 1. The molecule has 0 amide bonds. The van der Waals surface area contributed by atoms with Gasteiger partial charge in [0.15, 0.2) is 0 Å². The zero-order valence-corrected chi connectivity index (χ0v) is 14.5. The maximum Gasteiger partial charge on any atom is 0.265 e. The molecule has 1 aromatic carbocycles. The first-order chi connectivity index (χ1) is 9.95. The van der Waals surface area contributed by atoms with Crippen LogP contribution in [0.5, 0.6) is 0 Å². The summed E-state index contributed by atoms with van der Waals surface area (Å²) in [7, 11) is 0. The quantitative estimate of drug-likeness (QED) is 0.768. The maximum absolute atomic E-state index is 12.7. The number of aromatic nitrogens is 1. The average Bonchev–Trinajstić information content (AvgIpc) is 2.40. The number of nitrogens with zero attached hydrogens (tertiary/aromatic N) is 1. The van der Waals surface area contributed by atoms with Gasteiger partial charge in [-0.15, -0.1) is 11.8 Å². The Balaban J connectivity index is 2.64. The Morgan fingerprint density at radius 3 is 2.67 bits per heavy atom. The SMILES string of the molecule is CCSC(=S)c1c(Cl)ccn(-c2ccc(C)cc2C)c1=O. The van der Waals surface area contributed by atoms with Gasteiger partial charge < -0.3 is 0 Å². The molecule has 5 heteroatoms. The molecule has 2 aromatic rings. The minimum atomic E-state index is -0.166. The Kier molecular flexibility index (Phi) is 5.25. The number of pyridine rings is 1. The third-order valence-electron chi connectivity index (χ3n) is 3.13. The summed E-state index contributed by atoms with van der Waals surface area (Å²) in [6.45, 7) is 6.01. The van der Waals surface area contributed by atoms with Crippen molar-refractivity contribution < 1.29 is 0 Å². The van der Waals surface area contributed by atoms with E-state index in [0.717, 1.165) is 22.6 Å². The van der Waals surface area contributed by atoms with Crippen molar-refractivity contribution in [1.82, 2.24) is 4.57 Å². The van der Waals surface area contributed by atoms with Crippen molar-refractivity contribution >= 4 is 39.8 Å². The van der Waals surface area contributed by atoms with Crippen LogP contribution in [0.25, 0.3) is 5.69 Å². The van der Waals surface area contributed by atoms with E-state index in [1.165, 1.54) is 11.8 Å². The molecular formula is C16H16ClNOS2. The summed E-state index contributed by atoms with van der Waals surface area (Å²) in [4.78, 5) is 12.7. The van der Waals surface area contributed by atoms with E-state index < -0.39 is 0 Å². The molecular weight excluding hydrogens is 322 g/mol. The lowest BCUT2D eigenvalue weighted by Gasteiger charge is -2.13. The lowest BCUT2D eigenvalue weighted by Crippen LogP contribution is -2.24. The van der Waals surface area contributed by atoms with Crippen molar-refractivity contribution in [2.24, 2.45) is 0 Å². The molecule has 0 unspecified atom stereocenters. The molecule has 0 saturated heterocycles. The molecule has 2 nitrogen and oxygen atoms in total. The van der Waals surface area contributed by atoms with Crippen LogP contribution >= 0.6 is 35.6 Å². The first-order valence-electron chi connectivity index (χ1n) is 6.61. The maximum atomic E-state index is 12.7. The molecule has 0 N–H and O–H groups in total. The van der Waals surface area contributed by atoms with E-state index in [0.29, 0.717) is 14.8 Å². The van der Waals surface area contributed by atoms with Crippen molar-refractivity contribution in [3.63, 3.8) is 0 Å². The summed E-state index contributed by atoms with van der Waals surface area (Å²) in [6, 6.07) is 7.71. The smallest absolute Gasteiger partial charge is 0.265 e. The van der Waals surface area contributed by atoms with Gasteiger partial charge in [0.05, 0.1) is 20.5 Å². The van der Waals surface area contributed by atoms with Gasteiger partial charge in [0.1, 0.15) is 0 Å². The topological polar surface area (TPSA) is 22.0 Å². The van der Waals surface area contributed by atoms with Crippen molar-refractivity contribution in [3.8, 4) is 5.69 Å². The number of rotatable bonds is 3. The van der Waals surface area contributed by atoms with Crippen molar-refractivity contribution in [2.75, 3.05) is 5.75 Å². The largest absolute Gasteiger partial charge is 0.283 e. The molecule has 21 heavy (non-hydrogen) atoms. The number of hydrogen-bond acceptors (Lipinski definition) is 3. The molecule has 0 radical (unpaired) electrons. The van der Waals surface area contributed by atoms with Crippen LogP contribution in [0.1, 0.15) is 23.6 Å². The summed E-state index contributed by atoms with van der Waals surface area (Å²) in [5.74, 6) is 0.813. The number of hydrogen-bond donors (Lipinski definition) is 0. The lowest BCUT2D eigenvalue weighted by atomic mass is 10.1. The monoisotopic (exact) mass is 337 g/mol. The van der Waals surface area contributed by atoms with E-state index in [-0.39, 0.29) is 5.56 Å². The normalized spacial score (nSPS) is 10.7. The minimum Gasteiger partial charge on any atom is -0.283 e. The van der Waals surface area contributed by atoms with Crippen LogP contribution in [0.15, 0.2) is 35.3 Å². The zero-order chi connectivity index (χ0) is 15.6. The van der Waals surface area contributed by atoms with E-state index in [2.05, 4.69) is 6.07 Å². The Hall–Kier alpha value is -1.10. The van der Waals surface area contributed by atoms with Crippen LogP contribution in [0.2, 0.25) is 5.02 Å². The molecule has 0 aliphatic carbocycles. The highest BCUT2D eigenvalue weighted by Crippen LogP contribution is 2.21. The number of thioether (sulfide) groups is 1. The van der Waals surface area contributed by atoms with Gasteiger partial charge in [0.25, 0.3) is 5.56 Å². The van der Waals surface area contributed by atoms with Gasteiger partial charge >= 0.3 is 0 Å². The highest BCUT2D eigenvalue weighted by Gasteiger charge is 2.15. The fourth-order valence-corrected chi connectivity index (χ4v) is 3.67. The molecule has 110 valence electrons. The van der Waals surface area contributed by atoms with E-state index in [1.807, 2.05) is 32.9 Å². The van der Waals surface area contributed by atoms with E-state index in [4.69, 9.17) is 23.8 Å². The van der Waals surface area contributed by atoms with Crippen LogP contribution in [0.4, 0.5) is 0 Å². The number of halogens is 1. The summed E-state index contributed by atoms with van der Waals surface area (Å²) < 4.78 is 2.16. The summed E-state index contributed by atoms with van der Waals surface area (Å²) >= 11 is 13.0. The van der Waals surface area contributed by atoms with Crippen LogP contribution < -0.4 is 5.56 Å². The first-order valence-corrected chi connectivity index (χ1v) is 8.38. The molecule has 1 aromatic heterocycles. The molecule has 0 atom stereocenters. The second kappa shape index (κ2) is 6.77. The van der Waals surface area contributed by atoms with Crippen LogP contribution in [0.3, 0.4) is 0 Å². The highest BCUT2D eigenvalue weighted by atomic mass is 35.5. The molecule has 1 heterocycles. The van der Waals surface area contributed by atoms with Gasteiger partial charge in [-0.1, -0.05) is 48.4 Å². The number of benzene rings is 1. The Morgan fingerprint density at radius 1 is 1.33 bits per heavy atom. The Labute approximate surface area is 139 Å². The standard InChI is InChI=1S/C16H16ClNOS2/c1-4-21-16(20)14-12(17)7-8-18(15(14)19)13-6-5-10(2)9-11(13)3/h5-9H,4H2,1-3H3. The fraction of sp³-hybridized carbons (Fsp3) is 0.250. The van der Waals surface area contributed by atoms with E-state index >= 15 is 0 Å². The van der Waals surface area contributed by atoms with Gasteiger partial charge in [-0.05, 0) is 37.3 Å². The fourth-order valence-electron chi connectivity index (χ4n) is 2.17. The number of aryl methyl sites for hydroxylation is 2. The van der Waals surface area contributed by atoms with Crippen molar-refractivity contribution in [3.05, 3.63) is 62.5 Å². The highest BCUT2D eigenvalue weighted by molar-refractivity contribution is 8.23. The Morgan fingerprint density at radius 2 is 2.05 bits per heavy atom. The third-order valence-corrected chi connectivity index (χ3v) is 4.76. The summed E-state index contributed by atoms with van der Waals surface area (Å²) in [6.07, 6.45) is 1.70. The van der Waals surface area contributed by atoms with Crippen molar-refractivity contribution in [2.45, 2.75) is 20.8 Å². The molecule has 0 fully saturated rings. The van der Waals surface area contributed by atoms with Crippen LogP contribution in [-0.4, -0.2) is 14.5 Å². The van der Waals surface area contributed by atoms with Crippen molar-refractivity contribution in [1.29, 1.82) is 0 Å². The molecule has 0 spiro atoms. The molecule has 0 aliphatic rings. The predicted molar refractivity (Wildman–Crippen MR) is 96.4 cm³/mol. The van der Waals surface area contributed by atoms with E-state index in [9.17, 15) is 4.79 Å². The zero-order valence-electron chi connectivity index (χ0n) is 12.1. The Bertz CT molecular complexity index is 752. The summed E-state index contributed by atoms with van der Waals surface area (Å²) in [5.41, 5.74) is 3.31. The van der Waals surface area contributed by atoms with Crippen LogP contribution in [0, 0.1) is 13.8 Å². The molecule has 0 saturated carbocycles. The van der Waals surface area contributed by atoms with Gasteiger partial charge in [-0.25, -0.2) is 0 Å². The predicted octanol–water partition coefficient (Wildman–Crippen LogP) is 4.54. The van der Waals surface area contributed by atoms with E-state index in [1.54, 1.807) is 16.8 Å². The van der Waals surface area contributed by atoms with Gasteiger partial charge in [0, 0.05) is 6.20 Å². The van der Waals surface area contributed by atoms with Gasteiger partial charge in [0.2, 0.25) is 0 Å². The first kappa shape index (κ1) is 16.3. The second-order valence-corrected chi connectivity index (χ2v) is 7.07. The van der Waals surface area contributed by atoms with Crippen LogP contribution in [-0.2, 0) is 0 Å². The second-order valence-electron chi connectivity index (χ2n) is 4.72. The van der Waals surface area contributed by atoms with Gasteiger partial charge in [-0.2, -0.15) is 0 Å². The molecule has 0 bridgehead atoms. The molecule has 2 rings (SSSR count). The minimum absolute atomic E-state index is 0.166. The lowest BCUT2D eigenvalue weighted by molar-refractivity contribution is 0.973. The van der Waals surface area contributed by atoms with Gasteiger partial charge in [-0.3, -0.25) is 9.36 Å². The average molecular weight is 338 g/mol.